The van der Waals surface area contributed by atoms with E-state index in [-0.39, 0.29) is 13.2 Å². The molecule has 0 fully saturated rings. The molecule has 0 amide bonds. The van der Waals surface area contributed by atoms with E-state index in [0.717, 1.165) is 40.4 Å². The normalized spacial score (nSPS) is 12.4. The summed E-state index contributed by atoms with van der Waals surface area (Å²) in [7, 11) is -7.00. The predicted octanol–water partition coefficient (Wildman–Crippen LogP) is 4.44. The Morgan fingerprint density at radius 2 is 1.42 bits per heavy atom. The maximum absolute atomic E-state index is 11.2. The second kappa shape index (κ2) is 12.4. The largest absolute Gasteiger partial charge is 0.371 e. The molecule has 3 aromatic carbocycles. The highest BCUT2D eigenvalue weighted by Gasteiger charge is 2.11. The molecule has 0 radical (unpaired) electrons. The van der Waals surface area contributed by atoms with E-state index in [1.807, 2.05) is 49.5 Å². The Hall–Kier alpha value is -2.79. The fraction of sp³-hybridized carbons (Fsp3) is 0.346. The first-order valence-corrected chi connectivity index (χ1v) is 15.2. The number of hydrogen-bond donors (Lipinski definition) is 0. The monoisotopic (exact) mass is 532 g/mol. The molecule has 0 heterocycles. The van der Waals surface area contributed by atoms with E-state index in [9.17, 15) is 16.8 Å². The van der Waals surface area contributed by atoms with Crippen molar-refractivity contribution in [2.45, 2.75) is 19.8 Å². The van der Waals surface area contributed by atoms with Crippen molar-refractivity contribution in [3.63, 3.8) is 0 Å². The lowest BCUT2D eigenvalue weighted by atomic mass is 10.1. The Balaban J connectivity index is 1.70. The average Bonchev–Trinajstić information content (AvgIpc) is 2.81. The molecule has 0 atom stereocenters. The Bertz CT molecular complexity index is 1380. The molecule has 3 aromatic rings. The molecule has 194 valence electrons. The molecule has 0 saturated heterocycles. The second-order valence-corrected chi connectivity index (χ2v) is 11.9. The molecule has 36 heavy (non-hydrogen) atoms. The molecule has 0 saturated carbocycles. The van der Waals surface area contributed by atoms with Crippen LogP contribution in [0.5, 0.6) is 0 Å². The summed E-state index contributed by atoms with van der Waals surface area (Å²) >= 11 is 0. The van der Waals surface area contributed by atoms with Crippen molar-refractivity contribution in [2.24, 2.45) is 4.99 Å². The molecule has 10 heteroatoms. The Labute approximate surface area is 213 Å². The predicted molar refractivity (Wildman–Crippen MR) is 145 cm³/mol. The van der Waals surface area contributed by atoms with Crippen molar-refractivity contribution in [1.29, 1.82) is 0 Å². The van der Waals surface area contributed by atoms with E-state index in [0.29, 0.717) is 25.9 Å². The van der Waals surface area contributed by atoms with Crippen LogP contribution in [-0.4, -0.2) is 61.9 Å². The number of benzene rings is 3. The third-order valence-corrected chi connectivity index (χ3v) is 6.63. The first kappa shape index (κ1) is 27.8. The Morgan fingerprint density at radius 3 is 2.00 bits per heavy atom. The SMILES string of the molecule is Cc1cc(N(CCCOS(C)(=O)=O)CCCOS(C)(=O)=O)ccc1C=Nc1ccc2ccccc2c1. The second-order valence-electron chi connectivity index (χ2n) is 8.58. The number of fused-ring (bicyclic) bond motifs is 1. The van der Waals surface area contributed by atoms with Gasteiger partial charge in [0.25, 0.3) is 20.2 Å². The first-order chi connectivity index (χ1) is 17.0. The van der Waals surface area contributed by atoms with Gasteiger partial charge in [0.05, 0.1) is 31.4 Å². The fourth-order valence-electron chi connectivity index (χ4n) is 3.70. The lowest BCUT2D eigenvalue weighted by molar-refractivity contribution is 0.310. The lowest BCUT2D eigenvalue weighted by Crippen LogP contribution is -2.28. The van der Waals surface area contributed by atoms with Crippen LogP contribution in [0.3, 0.4) is 0 Å². The van der Waals surface area contributed by atoms with Crippen LogP contribution < -0.4 is 4.90 Å². The van der Waals surface area contributed by atoms with Crippen molar-refractivity contribution in [3.05, 3.63) is 71.8 Å². The number of anilines is 1. The summed E-state index contributed by atoms with van der Waals surface area (Å²) in [6.07, 6.45) is 4.87. The van der Waals surface area contributed by atoms with E-state index < -0.39 is 20.2 Å². The minimum atomic E-state index is -3.50. The van der Waals surface area contributed by atoms with Crippen LogP contribution in [0.25, 0.3) is 10.8 Å². The molecular formula is C26H32N2O6S2. The van der Waals surface area contributed by atoms with Gasteiger partial charge in [0.2, 0.25) is 0 Å². The van der Waals surface area contributed by atoms with E-state index in [1.165, 1.54) is 5.39 Å². The summed E-state index contributed by atoms with van der Waals surface area (Å²) in [5, 5.41) is 2.30. The molecule has 3 rings (SSSR count). The standard InChI is InChI=1S/C26H32N2O6S2/c1-21-18-26(28(14-6-16-33-35(2,29)30)15-7-17-34-36(3,31)32)13-11-24(21)20-27-25-12-10-22-8-4-5-9-23(22)19-25/h4-5,8-13,18-20H,6-7,14-17H2,1-3H3. The zero-order valence-corrected chi connectivity index (χ0v) is 22.4. The zero-order valence-electron chi connectivity index (χ0n) is 20.8. The number of aliphatic imine (C=N–C) groups is 1. The molecule has 0 aliphatic rings. The summed E-state index contributed by atoms with van der Waals surface area (Å²) in [5.41, 5.74) is 3.82. The van der Waals surface area contributed by atoms with Crippen LogP contribution in [0.15, 0.2) is 65.7 Å². The van der Waals surface area contributed by atoms with Gasteiger partial charge in [-0.2, -0.15) is 16.8 Å². The average molecular weight is 533 g/mol. The molecule has 0 N–H and O–H groups in total. The molecule has 0 aliphatic heterocycles. The van der Waals surface area contributed by atoms with Gasteiger partial charge in [0, 0.05) is 25.0 Å². The van der Waals surface area contributed by atoms with Crippen LogP contribution in [0.1, 0.15) is 24.0 Å². The summed E-state index contributed by atoms with van der Waals surface area (Å²) in [6, 6.07) is 20.2. The van der Waals surface area contributed by atoms with Crippen molar-refractivity contribution in [2.75, 3.05) is 43.7 Å². The number of hydrogen-bond acceptors (Lipinski definition) is 8. The summed E-state index contributed by atoms with van der Waals surface area (Å²) in [6.45, 7) is 3.23. The van der Waals surface area contributed by atoms with Crippen molar-refractivity contribution in [3.8, 4) is 0 Å². The lowest BCUT2D eigenvalue weighted by Gasteiger charge is -2.25. The van der Waals surface area contributed by atoms with Gasteiger partial charge in [-0.1, -0.05) is 36.4 Å². The maximum Gasteiger partial charge on any atom is 0.264 e. The summed E-state index contributed by atoms with van der Waals surface area (Å²) < 4.78 is 54.7. The minimum absolute atomic E-state index is 0.0741. The van der Waals surface area contributed by atoms with Gasteiger partial charge in [-0.25, -0.2) is 0 Å². The summed E-state index contributed by atoms with van der Waals surface area (Å²) in [4.78, 5) is 6.71. The topological polar surface area (TPSA) is 102 Å². The fourth-order valence-corrected chi connectivity index (χ4v) is 4.55. The highest BCUT2D eigenvalue weighted by atomic mass is 32.2. The van der Waals surface area contributed by atoms with E-state index in [1.54, 1.807) is 0 Å². The third-order valence-electron chi connectivity index (χ3n) is 5.44. The van der Waals surface area contributed by atoms with Crippen LogP contribution in [0, 0.1) is 6.92 Å². The molecule has 0 bridgehead atoms. The van der Waals surface area contributed by atoms with Gasteiger partial charge in [-0.05, 0) is 65.9 Å². The van der Waals surface area contributed by atoms with Crippen molar-refractivity contribution in [1.82, 2.24) is 0 Å². The van der Waals surface area contributed by atoms with E-state index >= 15 is 0 Å². The molecule has 0 aliphatic carbocycles. The van der Waals surface area contributed by atoms with Crippen LogP contribution in [-0.2, 0) is 28.6 Å². The van der Waals surface area contributed by atoms with Gasteiger partial charge >= 0.3 is 0 Å². The number of rotatable bonds is 13. The highest BCUT2D eigenvalue weighted by Crippen LogP contribution is 2.23. The van der Waals surface area contributed by atoms with Gasteiger partial charge in [0.1, 0.15) is 0 Å². The molecule has 0 spiro atoms. The van der Waals surface area contributed by atoms with Crippen molar-refractivity contribution < 1.29 is 25.2 Å². The molecule has 0 aromatic heterocycles. The number of nitrogens with zero attached hydrogens (tertiary/aromatic N) is 2. The van der Waals surface area contributed by atoms with Gasteiger partial charge in [-0.3, -0.25) is 13.4 Å². The van der Waals surface area contributed by atoms with Crippen LogP contribution in [0.4, 0.5) is 11.4 Å². The van der Waals surface area contributed by atoms with Gasteiger partial charge < -0.3 is 4.90 Å². The summed E-state index contributed by atoms with van der Waals surface area (Å²) in [5.74, 6) is 0. The van der Waals surface area contributed by atoms with Gasteiger partial charge in [0.15, 0.2) is 0 Å². The molecule has 8 nitrogen and oxygen atoms in total. The Kier molecular flexibility index (Phi) is 9.61. The quantitative estimate of drug-likeness (QED) is 0.182. The highest BCUT2D eigenvalue weighted by molar-refractivity contribution is 7.86. The van der Waals surface area contributed by atoms with Crippen LogP contribution >= 0.6 is 0 Å². The smallest absolute Gasteiger partial charge is 0.264 e. The van der Waals surface area contributed by atoms with Crippen molar-refractivity contribution >= 4 is 48.6 Å². The maximum atomic E-state index is 11.2. The minimum Gasteiger partial charge on any atom is -0.371 e. The third kappa shape index (κ3) is 9.34. The zero-order chi connectivity index (χ0) is 26.2. The number of aryl methyl sites for hydroxylation is 1. The van der Waals surface area contributed by atoms with Crippen LogP contribution in [0.2, 0.25) is 0 Å². The van der Waals surface area contributed by atoms with Gasteiger partial charge in [-0.15, -0.1) is 0 Å². The Morgan fingerprint density at radius 1 is 0.806 bits per heavy atom. The van der Waals surface area contributed by atoms with E-state index in [2.05, 4.69) is 34.2 Å². The first-order valence-electron chi connectivity index (χ1n) is 11.6. The van der Waals surface area contributed by atoms with E-state index in [4.69, 9.17) is 8.37 Å². The molecule has 0 unspecified atom stereocenters. The molecular weight excluding hydrogens is 500 g/mol.